The molecule has 1 aliphatic rings. The second-order valence-electron chi connectivity index (χ2n) is 8.36. The number of carbonyl (C=O) groups excluding carboxylic acids is 2. The third kappa shape index (κ3) is 4.69. The summed E-state index contributed by atoms with van der Waals surface area (Å²) in [6, 6.07) is 3.15. The van der Waals surface area contributed by atoms with Crippen LogP contribution in [0.15, 0.2) is 30.9 Å². The van der Waals surface area contributed by atoms with E-state index < -0.39 is 30.4 Å². The minimum atomic E-state index is -1.45. The van der Waals surface area contributed by atoms with Crippen LogP contribution in [0.3, 0.4) is 0 Å². The molecule has 13 nitrogen and oxygen atoms in total. The molecule has 36 heavy (non-hydrogen) atoms. The van der Waals surface area contributed by atoms with Gasteiger partial charge in [0.15, 0.2) is 23.8 Å². The zero-order valence-electron chi connectivity index (χ0n) is 19.9. The first kappa shape index (κ1) is 25.0. The lowest BCUT2D eigenvalue weighted by Gasteiger charge is -2.24. The molecule has 0 saturated carbocycles. The van der Waals surface area contributed by atoms with E-state index in [2.05, 4.69) is 37.1 Å². The summed E-state index contributed by atoms with van der Waals surface area (Å²) >= 11 is 0. The Labute approximate surface area is 206 Å². The van der Waals surface area contributed by atoms with Crippen molar-refractivity contribution in [1.29, 1.82) is 0 Å². The van der Waals surface area contributed by atoms with E-state index in [1.807, 2.05) is 13.8 Å². The Hall–Kier alpha value is -4.12. The molecule has 4 heterocycles. The van der Waals surface area contributed by atoms with Crippen molar-refractivity contribution in [2.24, 2.45) is 0 Å². The summed E-state index contributed by atoms with van der Waals surface area (Å²) in [5.74, 6) is 5.07. The van der Waals surface area contributed by atoms with Crippen LogP contribution in [0.1, 0.15) is 36.3 Å². The number of aromatic nitrogens is 5. The van der Waals surface area contributed by atoms with Crippen molar-refractivity contribution in [1.82, 2.24) is 34.7 Å². The van der Waals surface area contributed by atoms with Crippen molar-refractivity contribution in [3.05, 3.63) is 42.2 Å². The van der Waals surface area contributed by atoms with Gasteiger partial charge in [0.25, 0.3) is 11.8 Å². The number of fused-ring (bicyclic) bond motifs is 1. The van der Waals surface area contributed by atoms with E-state index in [0.717, 1.165) is 0 Å². The van der Waals surface area contributed by atoms with Crippen LogP contribution in [-0.4, -0.2) is 89.4 Å². The summed E-state index contributed by atoms with van der Waals surface area (Å²) in [6.45, 7) is 3.88. The maximum Gasteiger partial charge on any atom is 0.254 e. The van der Waals surface area contributed by atoms with Crippen LogP contribution in [0.4, 0.5) is 5.82 Å². The van der Waals surface area contributed by atoms with Crippen molar-refractivity contribution in [2.75, 3.05) is 19.3 Å². The number of nitrogens with two attached hydrogens (primary N) is 1. The molecule has 0 aliphatic carbocycles. The fourth-order valence-electron chi connectivity index (χ4n) is 3.78. The van der Waals surface area contributed by atoms with Gasteiger partial charge in [-0.15, -0.1) is 0 Å². The summed E-state index contributed by atoms with van der Waals surface area (Å²) in [7, 11) is 1.40. The summed E-state index contributed by atoms with van der Waals surface area (Å²) in [5, 5.41) is 23.1. The first-order valence-electron chi connectivity index (χ1n) is 11.2. The van der Waals surface area contributed by atoms with Crippen molar-refractivity contribution in [3.8, 4) is 11.8 Å². The Kier molecular flexibility index (Phi) is 7.11. The Bertz CT molecular complexity index is 1330. The van der Waals surface area contributed by atoms with Crippen molar-refractivity contribution in [3.63, 3.8) is 0 Å². The number of amides is 2. The standard InChI is InChI=1S/C23H26N8O5/c1-12(2)30(22(35)13-6-8-26-9-7-13)10-4-5-14-28-19(24)15-20(29-14)31(11-27-15)23-17(33)16(32)18(36-23)21(34)25-3/h6-9,11-12,16-18,23,32-33H,10H2,1-3H3,(H,25,34)(H2,24,28,29)/t16-,17-,18+,23-/m1/s1. The zero-order valence-corrected chi connectivity index (χ0v) is 19.9. The minimum absolute atomic E-state index is 0.0486. The zero-order chi connectivity index (χ0) is 26.0. The molecule has 4 atom stereocenters. The molecular weight excluding hydrogens is 468 g/mol. The monoisotopic (exact) mass is 494 g/mol. The Morgan fingerprint density at radius 2 is 1.97 bits per heavy atom. The van der Waals surface area contributed by atoms with Gasteiger partial charge in [0.2, 0.25) is 5.82 Å². The van der Waals surface area contributed by atoms with Crippen molar-refractivity contribution in [2.45, 2.75) is 44.4 Å². The van der Waals surface area contributed by atoms with Crippen LogP contribution in [-0.2, 0) is 9.53 Å². The first-order chi connectivity index (χ1) is 17.2. The highest BCUT2D eigenvalue weighted by Crippen LogP contribution is 2.32. The maximum absolute atomic E-state index is 12.8. The van der Waals surface area contributed by atoms with E-state index in [4.69, 9.17) is 10.5 Å². The molecule has 1 saturated heterocycles. The second-order valence-corrected chi connectivity index (χ2v) is 8.36. The van der Waals surface area contributed by atoms with Gasteiger partial charge in [0.05, 0.1) is 12.9 Å². The molecule has 5 N–H and O–H groups in total. The number of aliphatic hydroxyl groups is 2. The predicted molar refractivity (Wildman–Crippen MR) is 127 cm³/mol. The van der Waals surface area contributed by atoms with Gasteiger partial charge in [-0.3, -0.25) is 19.1 Å². The molecule has 1 aliphatic heterocycles. The average molecular weight is 495 g/mol. The van der Waals surface area contributed by atoms with E-state index >= 15 is 0 Å². The summed E-state index contributed by atoms with van der Waals surface area (Å²) in [4.78, 5) is 43.1. The smallest absolute Gasteiger partial charge is 0.254 e. The SMILES string of the molecule is CNC(=O)[C@H]1O[C@@H](n2cnc3c(N)nc(C#CCN(C(=O)c4ccncc4)C(C)C)nc32)[C@H](O)[C@H]1O. The van der Waals surface area contributed by atoms with Gasteiger partial charge in [0.1, 0.15) is 17.7 Å². The van der Waals surface area contributed by atoms with Crippen LogP contribution >= 0.6 is 0 Å². The number of ether oxygens (including phenoxy) is 1. The number of pyridine rings is 1. The fraction of sp³-hybridized carbons (Fsp3) is 0.391. The molecule has 2 amide bonds. The molecular formula is C23H26N8O5. The molecule has 4 rings (SSSR count). The van der Waals surface area contributed by atoms with Gasteiger partial charge in [0, 0.05) is 31.0 Å². The number of nitrogen functional groups attached to an aromatic ring is 1. The quantitative estimate of drug-likeness (QED) is 0.323. The van der Waals surface area contributed by atoms with Gasteiger partial charge in [-0.25, -0.2) is 15.0 Å². The van der Waals surface area contributed by atoms with Crippen LogP contribution in [0, 0.1) is 11.8 Å². The molecule has 0 bridgehead atoms. The van der Waals surface area contributed by atoms with Crippen molar-refractivity contribution < 1.29 is 24.5 Å². The van der Waals surface area contributed by atoms with Gasteiger partial charge >= 0.3 is 0 Å². The Morgan fingerprint density at radius 3 is 2.64 bits per heavy atom. The lowest BCUT2D eigenvalue weighted by molar-refractivity contribution is -0.137. The normalized spacial score (nSPS) is 21.3. The maximum atomic E-state index is 12.8. The number of nitrogens with zero attached hydrogens (tertiary/aromatic N) is 6. The number of nitrogens with one attached hydrogen (secondary N) is 1. The fourth-order valence-corrected chi connectivity index (χ4v) is 3.78. The van der Waals surface area contributed by atoms with E-state index in [1.165, 1.54) is 17.9 Å². The van der Waals surface area contributed by atoms with Gasteiger partial charge in [-0.2, -0.15) is 0 Å². The highest BCUT2D eigenvalue weighted by molar-refractivity contribution is 5.94. The van der Waals surface area contributed by atoms with Crippen LogP contribution < -0.4 is 11.1 Å². The number of aliphatic hydroxyl groups excluding tert-OH is 2. The molecule has 188 valence electrons. The highest BCUT2D eigenvalue weighted by atomic mass is 16.6. The predicted octanol–water partition coefficient (Wildman–Crippen LogP) is -0.929. The summed E-state index contributed by atoms with van der Waals surface area (Å²) in [5.41, 5.74) is 6.99. The van der Waals surface area contributed by atoms with Crippen LogP contribution in [0.5, 0.6) is 0 Å². The summed E-state index contributed by atoms with van der Waals surface area (Å²) < 4.78 is 6.97. The largest absolute Gasteiger partial charge is 0.387 e. The molecule has 0 aromatic carbocycles. The molecule has 0 spiro atoms. The molecule has 3 aromatic rings. The van der Waals surface area contributed by atoms with E-state index in [9.17, 15) is 19.8 Å². The average Bonchev–Trinajstić information content (AvgIpc) is 3.42. The number of likely N-dealkylation sites (N-methyl/N-ethyl adjacent to an activating group) is 1. The van der Waals surface area contributed by atoms with Crippen LogP contribution in [0.2, 0.25) is 0 Å². The number of rotatable bonds is 5. The third-order valence-electron chi connectivity index (χ3n) is 5.73. The highest BCUT2D eigenvalue weighted by Gasteiger charge is 2.47. The molecule has 0 unspecified atom stereocenters. The first-order valence-corrected chi connectivity index (χ1v) is 11.2. The Morgan fingerprint density at radius 1 is 1.25 bits per heavy atom. The Balaban J connectivity index is 1.60. The lowest BCUT2D eigenvalue weighted by atomic mass is 10.1. The van der Waals surface area contributed by atoms with E-state index in [0.29, 0.717) is 5.56 Å². The molecule has 1 fully saturated rings. The number of hydrogen-bond donors (Lipinski definition) is 4. The third-order valence-corrected chi connectivity index (χ3v) is 5.73. The molecule has 13 heteroatoms. The van der Waals surface area contributed by atoms with Crippen molar-refractivity contribution >= 4 is 28.8 Å². The number of hydrogen-bond acceptors (Lipinski definition) is 10. The van der Waals surface area contributed by atoms with E-state index in [1.54, 1.807) is 29.4 Å². The van der Waals surface area contributed by atoms with Gasteiger partial charge in [-0.05, 0) is 31.9 Å². The second kappa shape index (κ2) is 10.2. The minimum Gasteiger partial charge on any atom is -0.387 e. The molecule has 3 aromatic heterocycles. The number of anilines is 1. The molecule has 0 radical (unpaired) electrons. The number of imidazole rings is 1. The number of carbonyl (C=O) groups is 2. The van der Waals surface area contributed by atoms with E-state index in [-0.39, 0.29) is 41.3 Å². The lowest BCUT2D eigenvalue weighted by Crippen LogP contribution is -2.41. The van der Waals surface area contributed by atoms with Crippen LogP contribution in [0.25, 0.3) is 11.2 Å². The van der Waals surface area contributed by atoms with Gasteiger partial charge in [-0.1, -0.05) is 5.92 Å². The van der Waals surface area contributed by atoms with Gasteiger partial charge < -0.3 is 30.9 Å². The topological polar surface area (TPSA) is 182 Å². The summed E-state index contributed by atoms with van der Waals surface area (Å²) in [6.07, 6.45) is -0.864.